The largest absolute Gasteiger partial charge is 0.478 e. The number of thiophene rings is 1. The summed E-state index contributed by atoms with van der Waals surface area (Å²) in [5, 5.41) is 26.5. The molecular weight excluding hydrogens is 637 g/mol. The topological polar surface area (TPSA) is 91.8 Å². The van der Waals surface area contributed by atoms with Crippen molar-refractivity contribution < 1.29 is 9.90 Å². The number of carboxylic acid groups (broad SMARTS) is 1. The minimum absolute atomic E-state index is 0.00659. The number of H-pyrrole nitrogens is 1. The summed E-state index contributed by atoms with van der Waals surface area (Å²) in [4.78, 5) is 12.6. The standard InChI is InChI=1S/C43H52N4O2S/c1-26(2)30-15-22-43(21-14-28-18-25-50-36(28)37-44-46-47-45-37)24-23-41(6)32(35(30)43)12-13-34-40(5)19-16-31(27-8-10-29(11-9-27)38(48)49)39(3,4)33(40)17-20-42(34,41)7/h8-11,16,18,25,30,32-35H,1,12-13,15,17,19-20,22-24H2,2-7H3,(H,48,49)(H,44,45,46,47)/t30-,32+,33-,34+,35+,40-,41+,42+,43+/m0/s1. The number of aromatic carboxylic acids is 1. The average molecular weight is 689 g/mol. The summed E-state index contributed by atoms with van der Waals surface area (Å²) in [5.74, 6) is 10.4. The molecule has 6 nitrogen and oxygen atoms in total. The molecular formula is C43H52N4O2S. The molecule has 262 valence electrons. The van der Waals surface area contributed by atoms with Gasteiger partial charge >= 0.3 is 5.97 Å². The predicted molar refractivity (Wildman–Crippen MR) is 200 cm³/mol. The predicted octanol–water partition coefficient (Wildman–Crippen LogP) is 10.3. The van der Waals surface area contributed by atoms with Crippen molar-refractivity contribution in [3.63, 3.8) is 0 Å². The highest BCUT2D eigenvalue weighted by Gasteiger charge is 2.70. The molecule has 3 aromatic rings. The first-order valence-electron chi connectivity index (χ1n) is 18.8. The lowest BCUT2D eigenvalue weighted by Crippen LogP contribution is -2.65. The van der Waals surface area contributed by atoms with Gasteiger partial charge in [0, 0.05) is 11.0 Å². The molecule has 50 heavy (non-hydrogen) atoms. The fraction of sp³-hybridized carbons (Fsp3) is 0.581. The Labute approximate surface area is 301 Å². The minimum Gasteiger partial charge on any atom is -0.478 e. The molecule has 2 heterocycles. The number of hydrogen-bond donors (Lipinski definition) is 2. The van der Waals surface area contributed by atoms with Crippen molar-refractivity contribution in [2.75, 3.05) is 0 Å². The van der Waals surface area contributed by atoms with Gasteiger partial charge in [0.05, 0.1) is 10.4 Å². The van der Waals surface area contributed by atoms with Crippen LogP contribution in [0.2, 0.25) is 0 Å². The summed E-state index contributed by atoms with van der Waals surface area (Å²) < 4.78 is 0. The quantitative estimate of drug-likeness (QED) is 0.210. The van der Waals surface area contributed by atoms with Crippen molar-refractivity contribution in [3.05, 3.63) is 70.6 Å². The van der Waals surface area contributed by atoms with Gasteiger partial charge < -0.3 is 5.11 Å². The van der Waals surface area contributed by atoms with Crippen LogP contribution in [0.5, 0.6) is 0 Å². The lowest BCUT2D eigenvalue weighted by atomic mass is 9.32. The van der Waals surface area contributed by atoms with Gasteiger partial charge in [0.1, 0.15) is 0 Å². The molecule has 7 heteroatoms. The number of fused-ring (bicyclic) bond motifs is 7. The maximum absolute atomic E-state index is 11.6. The molecule has 0 amide bonds. The van der Waals surface area contributed by atoms with Gasteiger partial charge in [-0.3, -0.25) is 0 Å². The second-order valence-electron chi connectivity index (χ2n) is 17.9. The molecule has 0 radical (unpaired) electrons. The second-order valence-corrected chi connectivity index (χ2v) is 18.8. The lowest BCUT2D eigenvalue weighted by Gasteiger charge is -2.72. The summed E-state index contributed by atoms with van der Waals surface area (Å²) in [7, 11) is 0. The number of aromatic amines is 1. The number of carbonyl (C=O) groups is 1. The third kappa shape index (κ3) is 4.65. The Balaban J connectivity index is 1.13. The molecule has 1 aromatic carbocycles. The molecule has 5 aliphatic carbocycles. The van der Waals surface area contributed by atoms with E-state index in [0.717, 1.165) is 29.7 Å². The van der Waals surface area contributed by atoms with Gasteiger partial charge in [-0.2, -0.15) is 5.21 Å². The van der Waals surface area contributed by atoms with Gasteiger partial charge in [0.25, 0.3) is 0 Å². The van der Waals surface area contributed by atoms with Crippen molar-refractivity contribution in [1.29, 1.82) is 0 Å². The molecule has 4 saturated carbocycles. The van der Waals surface area contributed by atoms with Crippen LogP contribution in [-0.4, -0.2) is 31.7 Å². The molecule has 0 unspecified atom stereocenters. The Kier molecular flexibility index (Phi) is 7.74. The van der Waals surface area contributed by atoms with Crippen LogP contribution in [0, 0.1) is 68.5 Å². The van der Waals surface area contributed by atoms with E-state index in [0.29, 0.717) is 41.0 Å². The van der Waals surface area contributed by atoms with Crippen LogP contribution in [0.25, 0.3) is 16.3 Å². The SMILES string of the molecule is C=C(C)[C@@H]1CC[C@]2(C#Cc3ccsc3-c3nn[nH]n3)CC[C@]3(C)[C@H](CC[C@@H]4[C@@]5(C)CC=C(c6ccc(C(=O)O)cc6)C(C)(C)[C@@H]5CC[C@]43C)[C@@H]12. The second kappa shape index (κ2) is 11.5. The average Bonchev–Trinajstić information content (AvgIpc) is 3.84. The first-order valence-corrected chi connectivity index (χ1v) is 19.7. The normalized spacial score (nSPS) is 38.4. The number of benzene rings is 1. The van der Waals surface area contributed by atoms with E-state index in [1.165, 1.54) is 55.2 Å². The third-order valence-electron chi connectivity index (χ3n) is 15.7. The van der Waals surface area contributed by atoms with Gasteiger partial charge in [-0.25, -0.2) is 4.79 Å². The smallest absolute Gasteiger partial charge is 0.335 e. The molecule has 0 saturated heterocycles. The van der Waals surface area contributed by atoms with E-state index in [1.54, 1.807) is 23.5 Å². The molecule has 2 aromatic heterocycles. The Bertz CT molecular complexity index is 1930. The zero-order valence-electron chi connectivity index (χ0n) is 30.6. The Hall–Kier alpha value is -3.50. The fourth-order valence-electron chi connectivity index (χ4n) is 13.3. The van der Waals surface area contributed by atoms with Crippen molar-refractivity contribution >= 4 is 22.9 Å². The van der Waals surface area contributed by atoms with E-state index >= 15 is 0 Å². The molecule has 5 aliphatic rings. The van der Waals surface area contributed by atoms with Crippen LogP contribution < -0.4 is 0 Å². The van der Waals surface area contributed by atoms with E-state index in [1.807, 2.05) is 12.1 Å². The van der Waals surface area contributed by atoms with Crippen LogP contribution in [-0.2, 0) is 0 Å². The maximum atomic E-state index is 11.6. The summed E-state index contributed by atoms with van der Waals surface area (Å²) in [5.41, 5.74) is 6.02. The van der Waals surface area contributed by atoms with Gasteiger partial charge in [0.15, 0.2) is 0 Å². The molecule has 0 aliphatic heterocycles. The van der Waals surface area contributed by atoms with Gasteiger partial charge in [0.2, 0.25) is 5.82 Å². The highest BCUT2D eigenvalue weighted by Crippen LogP contribution is 2.77. The van der Waals surface area contributed by atoms with Gasteiger partial charge in [-0.1, -0.05) is 76.8 Å². The molecule has 4 fully saturated rings. The van der Waals surface area contributed by atoms with E-state index in [2.05, 4.69) is 98.1 Å². The van der Waals surface area contributed by atoms with Crippen LogP contribution in [0.4, 0.5) is 0 Å². The zero-order chi connectivity index (χ0) is 35.3. The first-order chi connectivity index (χ1) is 23.8. The number of tetrazole rings is 1. The highest BCUT2D eigenvalue weighted by atomic mass is 32.1. The molecule has 9 atom stereocenters. The summed E-state index contributed by atoms with van der Waals surface area (Å²) in [6, 6.07) is 9.71. The fourth-order valence-corrected chi connectivity index (χ4v) is 14.1. The number of carboxylic acids is 1. The lowest BCUT2D eigenvalue weighted by molar-refractivity contribution is -0.220. The van der Waals surface area contributed by atoms with Crippen molar-refractivity contribution in [1.82, 2.24) is 20.6 Å². The van der Waals surface area contributed by atoms with Crippen LogP contribution in [0.1, 0.15) is 121 Å². The molecule has 0 bridgehead atoms. The first kappa shape index (κ1) is 33.6. The van der Waals surface area contributed by atoms with E-state index in [4.69, 9.17) is 0 Å². The van der Waals surface area contributed by atoms with Crippen LogP contribution in [0.3, 0.4) is 0 Å². The summed E-state index contributed by atoms with van der Waals surface area (Å²) >= 11 is 1.63. The van der Waals surface area contributed by atoms with Crippen LogP contribution in [0.15, 0.2) is 53.9 Å². The van der Waals surface area contributed by atoms with Crippen molar-refractivity contribution in [3.8, 4) is 22.5 Å². The van der Waals surface area contributed by atoms with Crippen LogP contribution >= 0.6 is 11.3 Å². The van der Waals surface area contributed by atoms with E-state index < -0.39 is 5.97 Å². The number of allylic oxidation sites excluding steroid dienone is 3. The van der Waals surface area contributed by atoms with Gasteiger partial charge in [-0.05, 0) is 156 Å². The van der Waals surface area contributed by atoms with Gasteiger partial charge in [-0.15, -0.1) is 21.5 Å². The number of nitrogens with zero attached hydrogens (tertiary/aromatic N) is 3. The van der Waals surface area contributed by atoms with E-state index in [-0.39, 0.29) is 27.1 Å². The van der Waals surface area contributed by atoms with E-state index in [9.17, 15) is 9.90 Å². The monoisotopic (exact) mass is 688 g/mol. The summed E-state index contributed by atoms with van der Waals surface area (Å²) in [6.07, 6.45) is 13.4. The van der Waals surface area contributed by atoms with Crippen molar-refractivity contribution in [2.45, 2.75) is 99.3 Å². The molecule has 2 N–H and O–H groups in total. The summed E-state index contributed by atoms with van der Waals surface area (Å²) in [6.45, 7) is 19.8. The van der Waals surface area contributed by atoms with Crippen molar-refractivity contribution in [2.24, 2.45) is 56.7 Å². The highest BCUT2D eigenvalue weighted by molar-refractivity contribution is 7.13. The number of rotatable bonds is 4. The third-order valence-corrected chi connectivity index (χ3v) is 16.7. The molecule has 8 rings (SSSR count). The Morgan fingerprint density at radius 2 is 1.74 bits per heavy atom. The minimum atomic E-state index is -0.868. The number of nitrogens with one attached hydrogen (secondary N) is 1. The Morgan fingerprint density at radius 1 is 0.960 bits per heavy atom. The number of aromatic nitrogens is 4. The molecule has 0 spiro atoms. The maximum Gasteiger partial charge on any atom is 0.335 e. The number of hydrogen-bond acceptors (Lipinski definition) is 5. The zero-order valence-corrected chi connectivity index (χ0v) is 31.4. The Morgan fingerprint density at radius 3 is 2.44 bits per heavy atom.